The summed E-state index contributed by atoms with van der Waals surface area (Å²) in [5.41, 5.74) is 2.40. The number of nitrogens with zero attached hydrogens (tertiary/aromatic N) is 4. The molecule has 0 fully saturated rings. The van der Waals surface area contributed by atoms with Gasteiger partial charge in [-0.1, -0.05) is 34.1 Å². The minimum atomic E-state index is -0.256. The highest BCUT2D eigenvalue weighted by Gasteiger charge is 2.14. The van der Waals surface area contributed by atoms with E-state index in [0.29, 0.717) is 23.0 Å². The maximum Gasteiger partial charge on any atom is 0.261 e. The number of anilines is 1. The summed E-state index contributed by atoms with van der Waals surface area (Å²) in [6.07, 6.45) is 10.4. The Kier molecular flexibility index (Phi) is 11.3. The summed E-state index contributed by atoms with van der Waals surface area (Å²) in [5, 5.41) is 13.4. The number of hydrogen-bond acceptors (Lipinski definition) is 5. The number of aromatic amines is 1. The zero-order valence-corrected chi connectivity index (χ0v) is 18.4. The summed E-state index contributed by atoms with van der Waals surface area (Å²) in [4.78, 5) is 16.2. The van der Waals surface area contributed by atoms with Crippen molar-refractivity contribution in [3.05, 3.63) is 42.1 Å². The van der Waals surface area contributed by atoms with Gasteiger partial charge in [-0.25, -0.2) is 9.50 Å². The molecule has 0 spiro atoms. The number of carbonyl (C=O) groups excluding carboxylic acids is 1. The minimum Gasteiger partial charge on any atom is -0.379 e. The zero-order chi connectivity index (χ0) is 21.6. The largest absolute Gasteiger partial charge is 0.379 e. The Balaban J connectivity index is 0.000000323. The van der Waals surface area contributed by atoms with Crippen molar-refractivity contribution >= 4 is 17.2 Å². The van der Waals surface area contributed by atoms with E-state index in [2.05, 4.69) is 60.2 Å². The van der Waals surface area contributed by atoms with Crippen LogP contribution >= 0.6 is 0 Å². The SMILES string of the molecule is CCC.CCCOC(C)CC.Cc1[nH]ncc1NC(=O)c1cnn2cccnc12. The van der Waals surface area contributed by atoms with E-state index in [1.54, 1.807) is 29.2 Å². The van der Waals surface area contributed by atoms with Crippen molar-refractivity contribution in [2.75, 3.05) is 11.9 Å². The molecule has 0 saturated heterocycles. The molecule has 3 rings (SSSR count). The van der Waals surface area contributed by atoms with Crippen LogP contribution in [0, 0.1) is 6.92 Å². The summed E-state index contributed by atoms with van der Waals surface area (Å²) in [6.45, 7) is 13.4. The molecule has 1 amide bonds. The number of H-pyrrole nitrogens is 1. The molecule has 29 heavy (non-hydrogen) atoms. The Bertz CT molecular complexity index is 842. The lowest BCUT2D eigenvalue weighted by Crippen LogP contribution is -2.12. The second-order valence-corrected chi connectivity index (χ2v) is 6.61. The van der Waals surface area contributed by atoms with E-state index in [1.807, 2.05) is 6.92 Å². The fourth-order valence-corrected chi connectivity index (χ4v) is 2.09. The summed E-state index contributed by atoms with van der Waals surface area (Å²) in [6, 6.07) is 1.75. The van der Waals surface area contributed by atoms with Gasteiger partial charge in [-0.2, -0.15) is 10.2 Å². The zero-order valence-electron chi connectivity index (χ0n) is 18.4. The van der Waals surface area contributed by atoms with Crippen molar-refractivity contribution in [2.24, 2.45) is 0 Å². The average Bonchev–Trinajstić information content (AvgIpc) is 3.33. The van der Waals surface area contributed by atoms with E-state index >= 15 is 0 Å². The van der Waals surface area contributed by atoms with Crippen LogP contribution in [0.15, 0.2) is 30.9 Å². The number of aromatic nitrogens is 5. The molecule has 0 aliphatic rings. The molecular formula is C21H34N6O2. The molecule has 160 valence electrons. The van der Waals surface area contributed by atoms with Crippen LogP contribution in [-0.2, 0) is 4.74 Å². The topological polar surface area (TPSA) is 97.2 Å². The molecule has 3 aromatic heterocycles. The number of carbonyl (C=O) groups is 1. The van der Waals surface area contributed by atoms with Crippen molar-refractivity contribution in [1.82, 2.24) is 24.8 Å². The van der Waals surface area contributed by atoms with Crippen LogP contribution in [0.4, 0.5) is 5.69 Å². The van der Waals surface area contributed by atoms with Gasteiger partial charge in [-0.15, -0.1) is 0 Å². The standard InChI is InChI=1S/C11H10N6O.C7H16O.C3H8/c1-7-9(6-13-16-7)15-11(18)8-5-14-17-4-2-3-12-10(8)17;1-4-6-8-7(3)5-2;1-3-2/h2-6H,1H3,(H,13,16)(H,15,18);7H,4-6H2,1-3H3;3H2,1-2H3. The van der Waals surface area contributed by atoms with E-state index in [1.165, 1.54) is 12.6 Å². The lowest BCUT2D eigenvalue weighted by atomic mass is 10.3. The number of nitrogens with one attached hydrogen (secondary N) is 2. The lowest BCUT2D eigenvalue weighted by Gasteiger charge is -2.07. The molecular weight excluding hydrogens is 368 g/mol. The van der Waals surface area contributed by atoms with E-state index in [4.69, 9.17) is 4.74 Å². The molecule has 8 nitrogen and oxygen atoms in total. The van der Waals surface area contributed by atoms with E-state index in [0.717, 1.165) is 25.1 Å². The second-order valence-electron chi connectivity index (χ2n) is 6.61. The molecule has 3 aromatic rings. The number of hydrogen-bond donors (Lipinski definition) is 2. The number of rotatable bonds is 6. The average molecular weight is 403 g/mol. The Morgan fingerprint density at radius 3 is 2.59 bits per heavy atom. The van der Waals surface area contributed by atoms with Crippen molar-refractivity contribution in [2.45, 2.75) is 66.9 Å². The first-order valence-electron chi connectivity index (χ1n) is 10.2. The van der Waals surface area contributed by atoms with Gasteiger partial charge < -0.3 is 10.1 Å². The highest BCUT2D eigenvalue weighted by atomic mass is 16.5. The van der Waals surface area contributed by atoms with Gasteiger partial charge in [0.1, 0.15) is 5.56 Å². The molecule has 0 aliphatic heterocycles. The van der Waals surface area contributed by atoms with Crippen LogP contribution in [0.3, 0.4) is 0 Å². The monoisotopic (exact) mass is 402 g/mol. The smallest absolute Gasteiger partial charge is 0.261 e. The summed E-state index contributed by atoms with van der Waals surface area (Å²) in [5.74, 6) is -0.256. The summed E-state index contributed by atoms with van der Waals surface area (Å²) < 4.78 is 6.89. The predicted molar refractivity (Wildman–Crippen MR) is 116 cm³/mol. The third kappa shape index (κ3) is 8.03. The van der Waals surface area contributed by atoms with Crippen LogP contribution in [0.25, 0.3) is 5.65 Å². The molecule has 0 radical (unpaired) electrons. The quantitative estimate of drug-likeness (QED) is 0.626. The predicted octanol–water partition coefficient (Wildman–Crippen LogP) is 4.64. The molecule has 3 heterocycles. The van der Waals surface area contributed by atoms with E-state index < -0.39 is 0 Å². The van der Waals surface area contributed by atoms with Gasteiger partial charge in [0.25, 0.3) is 5.91 Å². The van der Waals surface area contributed by atoms with Crippen molar-refractivity contribution < 1.29 is 9.53 Å². The number of amides is 1. The molecule has 0 bridgehead atoms. The first-order valence-corrected chi connectivity index (χ1v) is 10.2. The van der Waals surface area contributed by atoms with Crippen molar-refractivity contribution in [3.63, 3.8) is 0 Å². The van der Waals surface area contributed by atoms with Crippen LogP contribution in [-0.4, -0.2) is 43.4 Å². The van der Waals surface area contributed by atoms with Gasteiger partial charge in [0.15, 0.2) is 5.65 Å². The molecule has 0 aliphatic carbocycles. The maximum atomic E-state index is 12.1. The summed E-state index contributed by atoms with van der Waals surface area (Å²) in [7, 11) is 0. The fourth-order valence-electron chi connectivity index (χ4n) is 2.09. The Morgan fingerprint density at radius 1 is 1.28 bits per heavy atom. The van der Waals surface area contributed by atoms with Gasteiger partial charge >= 0.3 is 0 Å². The van der Waals surface area contributed by atoms with Crippen LogP contribution in [0.2, 0.25) is 0 Å². The number of fused-ring (bicyclic) bond motifs is 1. The van der Waals surface area contributed by atoms with Crippen LogP contribution in [0.1, 0.15) is 69.9 Å². The third-order valence-corrected chi connectivity index (χ3v) is 3.78. The van der Waals surface area contributed by atoms with E-state index in [-0.39, 0.29) is 5.91 Å². The molecule has 0 aromatic carbocycles. The van der Waals surface area contributed by atoms with Gasteiger partial charge in [0, 0.05) is 19.0 Å². The number of aryl methyl sites for hydroxylation is 1. The van der Waals surface area contributed by atoms with Gasteiger partial charge in [-0.3, -0.25) is 9.89 Å². The van der Waals surface area contributed by atoms with Crippen LogP contribution < -0.4 is 5.32 Å². The molecule has 2 N–H and O–H groups in total. The van der Waals surface area contributed by atoms with E-state index in [9.17, 15) is 4.79 Å². The van der Waals surface area contributed by atoms with Crippen LogP contribution in [0.5, 0.6) is 0 Å². The first kappa shape index (κ1) is 24.3. The highest BCUT2D eigenvalue weighted by molar-refractivity contribution is 6.08. The number of ether oxygens (including phenoxy) is 1. The Morgan fingerprint density at radius 2 is 2.00 bits per heavy atom. The van der Waals surface area contributed by atoms with Gasteiger partial charge in [0.05, 0.1) is 29.9 Å². The fraction of sp³-hybridized carbons (Fsp3) is 0.524. The molecule has 8 heteroatoms. The second kappa shape index (κ2) is 13.4. The Hall–Kier alpha value is -2.74. The highest BCUT2D eigenvalue weighted by Crippen LogP contribution is 2.13. The lowest BCUT2D eigenvalue weighted by molar-refractivity contribution is 0.0641. The summed E-state index contributed by atoms with van der Waals surface area (Å²) >= 11 is 0. The van der Waals surface area contributed by atoms with Gasteiger partial charge in [-0.05, 0) is 32.8 Å². The molecule has 0 saturated carbocycles. The molecule has 1 atom stereocenters. The minimum absolute atomic E-state index is 0.256. The molecule has 1 unspecified atom stereocenters. The maximum absolute atomic E-state index is 12.1. The van der Waals surface area contributed by atoms with Crippen molar-refractivity contribution in [3.8, 4) is 0 Å². The van der Waals surface area contributed by atoms with Gasteiger partial charge in [0.2, 0.25) is 0 Å². The first-order chi connectivity index (χ1) is 14.0. The normalized spacial score (nSPS) is 11.1. The third-order valence-electron chi connectivity index (χ3n) is 3.78. The Labute approximate surface area is 173 Å². The van der Waals surface area contributed by atoms with Crippen molar-refractivity contribution in [1.29, 1.82) is 0 Å².